The Morgan fingerprint density at radius 3 is 2.86 bits per heavy atom. The minimum absolute atomic E-state index is 0.112. The molecule has 0 amide bonds. The number of aromatic nitrogens is 3. The Hall–Kier alpha value is -2.01. The van der Waals surface area contributed by atoms with Crippen LogP contribution in [0.2, 0.25) is 0 Å². The zero-order chi connectivity index (χ0) is 14.8. The first kappa shape index (κ1) is 13.9. The lowest BCUT2D eigenvalue weighted by molar-refractivity contribution is 0.102. The van der Waals surface area contributed by atoms with Crippen LogP contribution in [0.15, 0.2) is 47.1 Å². The molecule has 0 unspecified atom stereocenters. The number of hydrogen-bond donors (Lipinski definition) is 0. The quantitative estimate of drug-likeness (QED) is 0.676. The zero-order valence-electron chi connectivity index (χ0n) is 11.6. The van der Waals surface area contributed by atoms with E-state index in [9.17, 15) is 4.79 Å². The first-order valence-corrected chi connectivity index (χ1v) is 7.62. The number of carbonyl (C=O) groups excluding carboxylic acids is 1. The van der Waals surface area contributed by atoms with Gasteiger partial charge in [0.05, 0.1) is 16.2 Å². The highest BCUT2D eigenvalue weighted by Gasteiger charge is 2.19. The summed E-state index contributed by atoms with van der Waals surface area (Å²) < 4.78 is 2.43. The van der Waals surface area contributed by atoms with Gasteiger partial charge in [-0.15, -0.1) is 0 Å². The molecular formula is C16H14BrN3O. The van der Waals surface area contributed by atoms with Crippen molar-refractivity contribution in [3.05, 3.63) is 58.5 Å². The first-order chi connectivity index (χ1) is 10.2. The number of halogens is 1. The van der Waals surface area contributed by atoms with E-state index in [1.54, 1.807) is 16.9 Å². The minimum Gasteiger partial charge on any atom is -0.285 e. The molecule has 106 valence electrons. The molecule has 0 fully saturated rings. The van der Waals surface area contributed by atoms with E-state index < -0.39 is 0 Å². The van der Waals surface area contributed by atoms with Crippen molar-refractivity contribution in [1.82, 2.24) is 14.8 Å². The van der Waals surface area contributed by atoms with Crippen LogP contribution in [-0.2, 0) is 6.54 Å². The van der Waals surface area contributed by atoms with Gasteiger partial charge in [0.1, 0.15) is 11.4 Å². The highest BCUT2D eigenvalue weighted by atomic mass is 79.9. The lowest BCUT2D eigenvalue weighted by atomic mass is 10.1. The van der Waals surface area contributed by atoms with Gasteiger partial charge in [-0.05, 0) is 34.5 Å². The van der Waals surface area contributed by atoms with Gasteiger partial charge in [-0.1, -0.05) is 31.2 Å². The van der Waals surface area contributed by atoms with Crippen LogP contribution in [0.25, 0.3) is 10.9 Å². The highest BCUT2D eigenvalue weighted by Crippen LogP contribution is 2.21. The van der Waals surface area contributed by atoms with Crippen molar-refractivity contribution in [3.8, 4) is 0 Å². The van der Waals surface area contributed by atoms with Gasteiger partial charge in [-0.3, -0.25) is 9.48 Å². The van der Waals surface area contributed by atoms with E-state index in [-0.39, 0.29) is 5.78 Å². The van der Waals surface area contributed by atoms with Crippen molar-refractivity contribution in [2.45, 2.75) is 19.9 Å². The van der Waals surface area contributed by atoms with Crippen LogP contribution in [0.3, 0.4) is 0 Å². The van der Waals surface area contributed by atoms with Gasteiger partial charge in [-0.25, -0.2) is 4.98 Å². The number of aryl methyl sites for hydroxylation is 1. The van der Waals surface area contributed by atoms with Gasteiger partial charge < -0.3 is 0 Å². The Morgan fingerprint density at radius 1 is 1.24 bits per heavy atom. The summed E-state index contributed by atoms with van der Waals surface area (Å²) in [4.78, 5) is 17.2. The second-order valence-corrected chi connectivity index (χ2v) is 5.64. The van der Waals surface area contributed by atoms with Crippen LogP contribution in [-0.4, -0.2) is 20.5 Å². The number of carbonyl (C=O) groups is 1. The second kappa shape index (κ2) is 5.77. The highest BCUT2D eigenvalue weighted by molar-refractivity contribution is 9.10. The van der Waals surface area contributed by atoms with Crippen molar-refractivity contribution >= 4 is 32.6 Å². The molecule has 0 aliphatic rings. The number of pyridine rings is 1. The summed E-state index contributed by atoms with van der Waals surface area (Å²) >= 11 is 3.40. The average Bonchev–Trinajstić information content (AvgIpc) is 2.87. The molecule has 0 aliphatic carbocycles. The van der Waals surface area contributed by atoms with Crippen molar-refractivity contribution < 1.29 is 4.79 Å². The SMILES string of the molecule is CCCn1ncc(Br)c1C(=O)c1ccc2ccccc2n1. The summed E-state index contributed by atoms with van der Waals surface area (Å²) in [5.41, 5.74) is 1.81. The molecule has 2 aromatic heterocycles. The second-order valence-electron chi connectivity index (χ2n) is 4.78. The molecule has 1 aromatic carbocycles. The predicted octanol–water partition coefficient (Wildman–Crippen LogP) is 3.83. The zero-order valence-corrected chi connectivity index (χ0v) is 13.2. The Morgan fingerprint density at radius 2 is 2.05 bits per heavy atom. The van der Waals surface area contributed by atoms with E-state index in [0.29, 0.717) is 22.4 Å². The number of nitrogens with zero attached hydrogens (tertiary/aromatic N) is 3. The summed E-state index contributed by atoms with van der Waals surface area (Å²) in [7, 11) is 0. The van der Waals surface area contributed by atoms with Crippen molar-refractivity contribution in [3.63, 3.8) is 0 Å². The Bertz CT molecular complexity index is 810. The summed E-state index contributed by atoms with van der Waals surface area (Å²) in [5.74, 6) is -0.112. The molecule has 0 N–H and O–H groups in total. The molecule has 0 radical (unpaired) electrons. The number of para-hydroxylation sites is 1. The molecule has 0 saturated carbocycles. The van der Waals surface area contributed by atoms with Crippen molar-refractivity contribution in [2.75, 3.05) is 0 Å². The van der Waals surface area contributed by atoms with Crippen LogP contribution >= 0.6 is 15.9 Å². The Kier molecular flexibility index (Phi) is 3.84. The maximum Gasteiger partial charge on any atom is 0.230 e. The Labute approximate surface area is 130 Å². The van der Waals surface area contributed by atoms with E-state index in [0.717, 1.165) is 17.3 Å². The third-order valence-corrected chi connectivity index (χ3v) is 3.86. The first-order valence-electron chi connectivity index (χ1n) is 6.82. The fraction of sp³-hybridized carbons (Fsp3) is 0.188. The van der Waals surface area contributed by atoms with E-state index in [1.165, 1.54) is 0 Å². The van der Waals surface area contributed by atoms with Crippen LogP contribution < -0.4 is 0 Å². The van der Waals surface area contributed by atoms with E-state index in [4.69, 9.17) is 0 Å². The van der Waals surface area contributed by atoms with Gasteiger partial charge in [-0.2, -0.15) is 5.10 Å². The third kappa shape index (κ3) is 2.61. The standard InChI is InChI=1S/C16H14BrN3O/c1-2-9-20-15(12(17)10-18-20)16(21)14-8-7-11-5-3-4-6-13(11)19-14/h3-8,10H,2,9H2,1H3. The van der Waals surface area contributed by atoms with Gasteiger partial charge in [0, 0.05) is 11.9 Å². The summed E-state index contributed by atoms with van der Waals surface area (Å²) in [6.45, 7) is 2.76. The van der Waals surface area contributed by atoms with Gasteiger partial charge in [0.2, 0.25) is 5.78 Å². The molecular weight excluding hydrogens is 330 g/mol. The fourth-order valence-corrected chi connectivity index (χ4v) is 2.76. The van der Waals surface area contributed by atoms with Crippen molar-refractivity contribution in [2.24, 2.45) is 0 Å². The third-order valence-electron chi connectivity index (χ3n) is 3.28. The summed E-state index contributed by atoms with van der Waals surface area (Å²) in [6.07, 6.45) is 2.57. The molecule has 0 saturated heterocycles. The Balaban J connectivity index is 2.06. The van der Waals surface area contributed by atoms with Gasteiger partial charge in [0.25, 0.3) is 0 Å². The van der Waals surface area contributed by atoms with Crippen LogP contribution in [0.5, 0.6) is 0 Å². The maximum absolute atomic E-state index is 12.7. The summed E-state index contributed by atoms with van der Waals surface area (Å²) in [5, 5.41) is 5.26. The average molecular weight is 344 g/mol. The largest absolute Gasteiger partial charge is 0.285 e. The minimum atomic E-state index is -0.112. The summed E-state index contributed by atoms with van der Waals surface area (Å²) in [6, 6.07) is 11.4. The molecule has 21 heavy (non-hydrogen) atoms. The number of rotatable bonds is 4. The molecule has 2 heterocycles. The van der Waals surface area contributed by atoms with Crippen LogP contribution in [0.1, 0.15) is 29.5 Å². The van der Waals surface area contributed by atoms with Gasteiger partial charge in [0.15, 0.2) is 0 Å². The van der Waals surface area contributed by atoms with E-state index >= 15 is 0 Å². The van der Waals surface area contributed by atoms with E-state index in [1.807, 2.05) is 30.3 Å². The lowest BCUT2D eigenvalue weighted by Gasteiger charge is -2.06. The predicted molar refractivity (Wildman–Crippen MR) is 85.4 cm³/mol. The number of fused-ring (bicyclic) bond motifs is 1. The molecule has 0 aliphatic heterocycles. The topological polar surface area (TPSA) is 47.8 Å². The van der Waals surface area contributed by atoms with Gasteiger partial charge >= 0.3 is 0 Å². The number of ketones is 1. The van der Waals surface area contributed by atoms with Crippen molar-refractivity contribution in [1.29, 1.82) is 0 Å². The lowest BCUT2D eigenvalue weighted by Crippen LogP contribution is -2.13. The molecule has 3 rings (SSSR count). The van der Waals surface area contributed by atoms with E-state index in [2.05, 4.69) is 32.9 Å². The number of hydrogen-bond acceptors (Lipinski definition) is 3. The monoisotopic (exact) mass is 343 g/mol. The van der Waals surface area contributed by atoms with Crippen LogP contribution in [0, 0.1) is 0 Å². The number of benzene rings is 1. The molecule has 4 nitrogen and oxygen atoms in total. The normalized spacial score (nSPS) is 11.0. The molecule has 5 heteroatoms. The maximum atomic E-state index is 12.7. The van der Waals surface area contributed by atoms with Crippen LogP contribution in [0.4, 0.5) is 0 Å². The molecule has 0 spiro atoms. The molecule has 0 bridgehead atoms. The smallest absolute Gasteiger partial charge is 0.230 e. The molecule has 0 atom stereocenters. The molecule has 3 aromatic rings. The fourth-order valence-electron chi connectivity index (χ4n) is 2.28.